The number of nitrogens with zero attached hydrogens (tertiary/aromatic N) is 3. The Morgan fingerprint density at radius 1 is 1.04 bits per heavy atom. The first-order valence-electron chi connectivity index (χ1n) is 9.11. The lowest BCUT2D eigenvalue weighted by Gasteiger charge is -2.15. The van der Waals surface area contributed by atoms with Gasteiger partial charge in [0.05, 0.1) is 11.4 Å². The SMILES string of the molecule is CC(C)c1ccccc1-n1nc(-c2ccncc2)c2c1NCCCC2. The highest BCUT2D eigenvalue weighted by Crippen LogP contribution is 2.35. The molecule has 2 aromatic heterocycles. The predicted molar refractivity (Wildman–Crippen MR) is 102 cm³/mol. The average Bonchev–Trinajstić information content (AvgIpc) is 2.83. The Labute approximate surface area is 148 Å². The Hall–Kier alpha value is -2.62. The van der Waals surface area contributed by atoms with Crippen LogP contribution in [0.5, 0.6) is 0 Å². The largest absolute Gasteiger partial charge is 0.370 e. The number of aromatic nitrogens is 3. The monoisotopic (exact) mass is 332 g/mol. The van der Waals surface area contributed by atoms with Crippen molar-refractivity contribution in [1.29, 1.82) is 0 Å². The van der Waals surface area contributed by atoms with Gasteiger partial charge in [-0.2, -0.15) is 5.10 Å². The maximum atomic E-state index is 5.04. The molecule has 3 aromatic rings. The van der Waals surface area contributed by atoms with Crippen LogP contribution in [0.2, 0.25) is 0 Å². The number of para-hydroxylation sites is 1. The summed E-state index contributed by atoms with van der Waals surface area (Å²) >= 11 is 0. The highest BCUT2D eigenvalue weighted by Gasteiger charge is 2.23. The summed E-state index contributed by atoms with van der Waals surface area (Å²) in [6.07, 6.45) is 7.12. The third-order valence-corrected chi connectivity index (χ3v) is 4.87. The topological polar surface area (TPSA) is 42.7 Å². The molecule has 4 rings (SSSR count). The molecule has 0 fully saturated rings. The molecule has 1 aliphatic heterocycles. The van der Waals surface area contributed by atoms with Crippen LogP contribution in [-0.2, 0) is 6.42 Å². The number of benzene rings is 1. The summed E-state index contributed by atoms with van der Waals surface area (Å²) in [5.41, 5.74) is 6.02. The van der Waals surface area contributed by atoms with E-state index in [9.17, 15) is 0 Å². The fourth-order valence-corrected chi connectivity index (χ4v) is 3.59. The van der Waals surface area contributed by atoms with Crippen LogP contribution in [-0.4, -0.2) is 21.3 Å². The van der Waals surface area contributed by atoms with Gasteiger partial charge in [0.2, 0.25) is 0 Å². The van der Waals surface area contributed by atoms with Gasteiger partial charge in [-0.15, -0.1) is 0 Å². The minimum absolute atomic E-state index is 0.450. The molecule has 4 heteroatoms. The van der Waals surface area contributed by atoms with E-state index in [1.165, 1.54) is 29.7 Å². The van der Waals surface area contributed by atoms with Crippen molar-refractivity contribution in [2.24, 2.45) is 0 Å². The molecule has 0 saturated heterocycles. The molecule has 0 unspecified atom stereocenters. The molecule has 0 amide bonds. The summed E-state index contributed by atoms with van der Waals surface area (Å²) in [6.45, 7) is 5.47. The number of fused-ring (bicyclic) bond motifs is 1. The molecule has 0 atom stereocenters. The van der Waals surface area contributed by atoms with Crippen LogP contribution in [0, 0.1) is 0 Å². The minimum atomic E-state index is 0.450. The molecule has 0 bridgehead atoms. The van der Waals surface area contributed by atoms with Crippen molar-refractivity contribution < 1.29 is 0 Å². The van der Waals surface area contributed by atoms with E-state index >= 15 is 0 Å². The summed E-state index contributed by atoms with van der Waals surface area (Å²) < 4.78 is 2.12. The number of nitrogens with one attached hydrogen (secondary N) is 1. The lowest BCUT2D eigenvalue weighted by Crippen LogP contribution is -2.09. The molecular weight excluding hydrogens is 308 g/mol. The van der Waals surface area contributed by atoms with Crippen molar-refractivity contribution in [2.75, 3.05) is 11.9 Å². The van der Waals surface area contributed by atoms with Crippen molar-refractivity contribution in [3.05, 3.63) is 59.9 Å². The van der Waals surface area contributed by atoms with Crippen LogP contribution < -0.4 is 5.32 Å². The fourth-order valence-electron chi connectivity index (χ4n) is 3.59. The van der Waals surface area contributed by atoms with Crippen molar-refractivity contribution in [3.8, 4) is 16.9 Å². The van der Waals surface area contributed by atoms with E-state index in [1.54, 1.807) is 0 Å². The van der Waals surface area contributed by atoms with Gasteiger partial charge in [-0.25, -0.2) is 4.68 Å². The first kappa shape index (κ1) is 15.9. The number of hydrogen-bond donors (Lipinski definition) is 1. The van der Waals surface area contributed by atoms with Crippen LogP contribution >= 0.6 is 0 Å². The molecule has 128 valence electrons. The zero-order valence-corrected chi connectivity index (χ0v) is 14.9. The van der Waals surface area contributed by atoms with Gasteiger partial charge in [-0.05, 0) is 48.9 Å². The lowest BCUT2D eigenvalue weighted by molar-refractivity contribution is 0.776. The van der Waals surface area contributed by atoms with Crippen molar-refractivity contribution in [1.82, 2.24) is 14.8 Å². The zero-order valence-electron chi connectivity index (χ0n) is 14.9. The number of pyridine rings is 1. The van der Waals surface area contributed by atoms with E-state index < -0.39 is 0 Å². The third kappa shape index (κ3) is 2.93. The normalized spacial score (nSPS) is 14.0. The van der Waals surface area contributed by atoms with Gasteiger partial charge in [0.15, 0.2) is 0 Å². The summed E-state index contributed by atoms with van der Waals surface area (Å²) in [6, 6.07) is 12.7. The Morgan fingerprint density at radius 2 is 1.84 bits per heavy atom. The Bertz CT molecular complexity index is 865. The van der Waals surface area contributed by atoms with Crippen LogP contribution in [0.3, 0.4) is 0 Å². The summed E-state index contributed by atoms with van der Waals surface area (Å²) in [5, 5.41) is 8.68. The van der Waals surface area contributed by atoms with Gasteiger partial charge in [0.1, 0.15) is 5.82 Å². The Kier molecular flexibility index (Phi) is 4.26. The average molecular weight is 332 g/mol. The Balaban J connectivity index is 1.94. The van der Waals surface area contributed by atoms with Crippen molar-refractivity contribution >= 4 is 5.82 Å². The lowest BCUT2D eigenvalue weighted by atomic mass is 10.0. The van der Waals surface area contributed by atoms with Crippen LogP contribution in [0.1, 0.15) is 43.7 Å². The van der Waals surface area contributed by atoms with Gasteiger partial charge < -0.3 is 5.32 Å². The molecule has 3 heterocycles. The smallest absolute Gasteiger partial charge is 0.133 e. The zero-order chi connectivity index (χ0) is 17.2. The van der Waals surface area contributed by atoms with Gasteiger partial charge in [-0.1, -0.05) is 32.0 Å². The van der Waals surface area contributed by atoms with Gasteiger partial charge >= 0.3 is 0 Å². The molecule has 0 spiro atoms. The number of rotatable bonds is 3. The van der Waals surface area contributed by atoms with E-state index in [2.05, 4.69) is 53.1 Å². The quantitative estimate of drug-likeness (QED) is 0.749. The minimum Gasteiger partial charge on any atom is -0.370 e. The van der Waals surface area contributed by atoms with Gasteiger partial charge in [-0.3, -0.25) is 4.98 Å². The third-order valence-electron chi connectivity index (χ3n) is 4.87. The van der Waals surface area contributed by atoms with Crippen LogP contribution in [0.15, 0.2) is 48.8 Å². The number of hydrogen-bond acceptors (Lipinski definition) is 3. The highest BCUT2D eigenvalue weighted by atomic mass is 15.3. The van der Waals surface area contributed by atoms with Crippen LogP contribution in [0.4, 0.5) is 5.82 Å². The van der Waals surface area contributed by atoms with Crippen LogP contribution in [0.25, 0.3) is 16.9 Å². The van der Waals surface area contributed by atoms with E-state index in [-0.39, 0.29) is 0 Å². The molecule has 0 saturated carbocycles. The molecule has 4 nitrogen and oxygen atoms in total. The first-order valence-corrected chi connectivity index (χ1v) is 9.11. The molecule has 25 heavy (non-hydrogen) atoms. The molecule has 1 N–H and O–H groups in total. The summed E-state index contributed by atoms with van der Waals surface area (Å²) in [5.74, 6) is 1.60. The molecule has 0 aliphatic carbocycles. The molecule has 1 aliphatic rings. The maximum absolute atomic E-state index is 5.04. The standard InChI is InChI=1S/C21H24N4/c1-15(2)17-7-3-4-9-19(17)25-21-18(8-5-6-12-23-21)20(24-25)16-10-13-22-14-11-16/h3-4,7,9-11,13-15,23H,5-6,8,12H2,1-2H3. The van der Waals surface area contributed by atoms with E-state index in [0.717, 1.165) is 30.0 Å². The van der Waals surface area contributed by atoms with Gasteiger partial charge in [0, 0.05) is 30.1 Å². The second-order valence-corrected chi connectivity index (χ2v) is 6.92. The molecule has 1 aromatic carbocycles. The van der Waals surface area contributed by atoms with E-state index in [4.69, 9.17) is 5.10 Å². The predicted octanol–water partition coefficient (Wildman–Crippen LogP) is 4.81. The van der Waals surface area contributed by atoms with E-state index in [0.29, 0.717) is 5.92 Å². The molecule has 0 radical (unpaired) electrons. The highest BCUT2D eigenvalue weighted by molar-refractivity contribution is 5.71. The maximum Gasteiger partial charge on any atom is 0.133 e. The fraction of sp³-hybridized carbons (Fsp3) is 0.333. The second-order valence-electron chi connectivity index (χ2n) is 6.92. The number of anilines is 1. The van der Waals surface area contributed by atoms with Crippen molar-refractivity contribution in [3.63, 3.8) is 0 Å². The Morgan fingerprint density at radius 3 is 2.64 bits per heavy atom. The molecular formula is C21H24N4. The summed E-state index contributed by atoms with van der Waals surface area (Å²) in [4.78, 5) is 4.15. The van der Waals surface area contributed by atoms with E-state index in [1.807, 2.05) is 24.5 Å². The van der Waals surface area contributed by atoms with Crippen molar-refractivity contribution in [2.45, 2.75) is 39.0 Å². The van der Waals surface area contributed by atoms with Gasteiger partial charge in [0.25, 0.3) is 0 Å². The summed E-state index contributed by atoms with van der Waals surface area (Å²) in [7, 11) is 0. The first-order chi connectivity index (χ1) is 12.3. The second kappa shape index (κ2) is 6.71.